The normalized spacial score (nSPS) is 23.0. The number of nitrogens with zero attached hydrogens (tertiary/aromatic N) is 3. The third-order valence-electron chi connectivity index (χ3n) is 5.55. The minimum atomic E-state index is -0.474. The second-order valence-corrected chi connectivity index (χ2v) is 8.50. The van der Waals surface area contributed by atoms with Gasteiger partial charge in [-0.15, -0.1) is 0 Å². The van der Waals surface area contributed by atoms with E-state index in [9.17, 15) is 9.59 Å². The second kappa shape index (κ2) is 6.81. The number of carbonyl (C=O) groups excluding carboxylic acids is 1. The van der Waals surface area contributed by atoms with Gasteiger partial charge in [0.25, 0.3) is 5.56 Å². The summed E-state index contributed by atoms with van der Waals surface area (Å²) in [6.07, 6.45) is 6.94. The summed E-state index contributed by atoms with van der Waals surface area (Å²) in [5.74, 6) is 0.376. The molecule has 0 unspecified atom stereocenters. The van der Waals surface area contributed by atoms with Crippen LogP contribution in [0.1, 0.15) is 52.9 Å². The van der Waals surface area contributed by atoms with Crippen LogP contribution in [0.4, 0.5) is 4.79 Å². The highest BCUT2D eigenvalue weighted by atomic mass is 16.6. The van der Waals surface area contributed by atoms with Crippen LogP contribution in [0.3, 0.4) is 0 Å². The molecule has 1 aromatic rings. The Morgan fingerprint density at radius 1 is 1.36 bits per heavy atom. The number of amides is 1. The second-order valence-electron chi connectivity index (χ2n) is 8.50. The van der Waals surface area contributed by atoms with E-state index in [1.807, 2.05) is 25.7 Å². The molecule has 1 aliphatic carbocycles. The average Bonchev–Trinajstić information content (AvgIpc) is 2.99. The molecule has 1 aromatic heterocycles. The number of rotatable bonds is 2. The molecule has 1 saturated carbocycles. The molecule has 0 bridgehead atoms. The molecule has 25 heavy (non-hydrogen) atoms. The van der Waals surface area contributed by atoms with Crippen molar-refractivity contribution in [1.29, 1.82) is 0 Å². The fourth-order valence-corrected chi connectivity index (χ4v) is 4.35. The third-order valence-corrected chi connectivity index (χ3v) is 5.55. The quantitative estimate of drug-likeness (QED) is 0.825. The molecule has 0 aromatic carbocycles. The van der Waals surface area contributed by atoms with Gasteiger partial charge in [0.15, 0.2) is 0 Å². The smallest absolute Gasteiger partial charge is 0.410 e. The summed E-state index contributed by atoms with van der Waals surface area (Å²) in [6.45, 7) is 7.75. The van der Waals surface area contributed by atoms with E-state index in [0.29, 0.717) is 19.0 Å². The van der Waals surface area contributed by atoms with E-state index in [-0.39, 0.29) is 17.1 Å². The van der Waals surface area contributed by atoms with E-state index in [4.69, 9.17) is 4.74 Å². The third kappa shape index (κ3) is 4.05. The lowest BCUT2D eigenvalue weighted by atomic mass is 9.69. The summed E-state index contributed by atoms with van der Waals surface area (Å²) in [7, 11) is 0. The van der Waals surface area contributed by atoms with Gasteiger partial charge in [-0.25, -0.2) is 9.48 Å². The van der Waals surface area contributed by atoms with Gasteiger partial charge in [0.1, 0.15) is 5.60 Å². The lowest BCUT2D eigenvalue weighted by Gasteiger charge is -2.46. The van der Waals surface area contributed by atoms with Crippen molar-refractivity contribution in [2.75, 3.05) is 13.1 Å². The first kappa shape index (κ1) is 18.0. The molecule has 1 aliphatic heterocycles. The van der Waals surface area contributed by atoms with E-state index in [1.54, 1.807) is 23.0 Å². The number of hydrogen-bond acceptors (Lipinski definition) is 4. The molecule has 1 amide bonds. The van der Waals surface area contributed by atoms with Gasteiger partial charge >= 0.3 is 6.09 Å². The van der Waals surface area contributed by atoms with Crippen molar-refractivity contribution in [2.24, 2.45) is 11.3 Å². The van der Waals surface area contributed by atoms with Crippen molar-refractivity contribution in [2.45, 2.75) is 65.0 Å². The lowest BCUT2D eigenvalue weighted by Crippen LogP contribution is -2.52. The molecule has 2 heterocycles. The molecule has 2 aliphatic rings. The topological polar surface area (TPSA) is 64.4 Å². The zero-order valence-corrected chi connectivity index (χ0v) is 15.5. The van der Waals surface area contributed by atoms with E-state index >= 15 is 0 Å². The first-order valence-corrected chi connectivity index (χ1v) is 9.29. The summed E-state index contributed by atoms with van der Waals surface area (Å²) in [6, 6.07) is 3.24. The molecular formula is C19H29N3O3. The number of ether oxygens (including phenoxy) is 1. The molecule has 1 atom stereocenters. The Labute approximate surface area is 149 Å². The van der Waals surface area contributed by atoms with Crippen LogP contribution >= 0.6 is 0 Å². The van der Waals surface area contributed by atoms with Gasteiger partial charge in [-0.2, -0.15) is 5.10 Å². The first-order valence-electron chi connectivity index (χ1n) is 9.29. The molecule has 0 N–H and O–H groups in total. The molecule has 1 saturated heterocycles. The van der Waals surface area contributed by atoms with Crippen LogP contribution in [0.2, 0.25) is 0 Å². The number of hydrogen-bond donors (Lipinski definition) is 0. The van der Waals surface area contributed by atoms with Crippen LogP contribution in [0.25, 0.3) is 0 Å². The van der Waals surface area contributed by atoms with Crippen molar-refractivity contribution < 1.29 is 9.53 Å². The summed E-state index contributed by atoms with van der Waals surface area (Å²) in [5.41, 5.74) is -0.435. The Morgan fingerprint density at radius 3 is 2.72 bits per heavy atom. The Bertz CT molecular complexity index is 671. The van der Waals surface area contributed by atoms with Crippen LogP contribution in [0.5, 0.6) is 0 Å². The fourth-order valence-electron chi connectivity index (χ4n) is 4.35. The minimum absolute atomic E-state index is 0.0507. The van der Waals surface area contributed by atoms with E-state index in [2.05, 4.69) is 5.10 Å². The Morgan fingerprint density at radius 2 is 2.08 bits per heavy atom. The van der Waals surface area contributed by atoms with Gasteiger partial charge in [-0.05, 0) is 57.4 Å². The minimum Gasteiger partial charge on any atom is -0.444 e. The van der Waals surface area contributed by atoms with Gasteiger partial charge in [0.2, 0.25) is 0 Å². The van der Waals surface area contributed by atoms with E-state index in [1.165, 1.54) is 12.8 Å². The van der Waals surface area contributed by atoms with Crippen molar-refractivity contribution in [3.63, 3.8) is 0 Å². The van der Waals surface area contributed by atoms with Crippen LogP contribution in [0, 0.1) is 11.3 Å². The van der Waals surface area contributed by atoms with Crippen molar-refractivity contribution >= 4 is 6.09 Å². The predicted octanol–water partition coefficient (Wildman–Crippen LogP) is 3.06. The standard InChI is InChI=1S/C19H29N3O3/c1-18(2,3)25-17(24)21-12-8-15(19(14-21)9-4-5-10-19)13-22-16(23)7-6-11-20-22/h6-7,11,15H,4-5,8-10,12-14H2,1-3H3/t15-/m1/s1. The molecule has 6 nitrogen and oxygen atoms in total. The molecule has 3 rings (SSSR count). The number of aromatic nitrogens is 2. The monoisotopic (exact) mass is 347 g/mol. The van der Waals surface area contributed by atoms with Crippen LogP contribution in [-0.2, 0) is 11.3 Å². The van der Waals surface area contributed by atoms with Gasteiger partial charge < -0.3 is 9.64 Å². The first-order chi connectivity index (χ1) is 11.8. The fraction of sp³-hybridized carbons (Fsp3) is 0.737. The van der Waals surface area contributed by atoms with Crippen molar-refractivity contribution in [1.82, 2.24) is 14.7 Å². The highest BCUT2D eigenvalue weighted by Gasteiger charge is 2.47. The molecule has 6 heteroatoms. The summed E-state index contributed by atoms with van der Waals surface area (Å²) >= 11 is 0. The Kier molecular flexibility index (Phi) is 4.89. The van der Waals surface area contributed by atoms with Gasteiger partial charge in [-0.1, -0.05) is 12.8 Å². The van der Waals surface area contributed by atoms with Gasteiger partial charge in [0.05, 0.1) is 0 Å². The number of likely N-dealkylation sites (tertiary alicyclic amines) is 1. The highest BCUT2D eigenvalue weighted by molar-refractivity contribution is 5.68. The van der Waals surface area contributed by atoms with Gasteiger partial charge in [0, 0.05) is 31.9 Å². The largest absolute Gasteiger partial charge is 0.444 e. The number of carbonyl (C=O) groups is 1. The molecular weight excluding hydrogens is 318 g/mol. The summed E-state index contributed by atoms with van der Waals surface area (Å²) < 4.78 is 7.15. The highest BCUT2D eigenvalue weighted by Crippen LogP contribution is 2.49. The average molecular weight is 347 g/mol. The number of piperidine rings is 1. The van der Waals surface area contributed by atoms with Crippen LogP contribution in [0.15, 0.2) is 23.1 Å². The maximum Gasteiger partial charge on any atom is 0.410 e. The van der Waals surface area contributed by atoms with E-state index < -0.39 is 5.60 Å². The summed E-state index contributed by atoms with van der Waals surface area (Å²) in [5, 5.41) is 4.23. The zero-order valence-electron chi connectivity index (χ0n) is 15.5. The van der Waals surface area contributed by atoms with E-state index in [0.717, 1.165) is 25.8 Å². The maximum absolute atomic E-state index is 12.5. The SMILES string of the molecule is CC(C)(C)OC(=O)N1CC[C@H](Cn2ncccc2=O)C2(CCCC2)C1. The summed E-state index contributed by atoms with van der Waals surface area (Å²) in [4.78, 5) is 26.4. The van der Waals surface area contributed by atoms with Crippen molar-refractivity contribution in [3.05, 3.63) is 28.7 Å². The Hall–Kier alpha value is -1.85. The van der Waals surface area contributed by atoms with Crippen LogP contribution in [-0.4, -0.2) is 39.5 Å². The lowest BCUT2D eigenvalue weighted by molar-refractivity contribution is -0.0163. The molecule has 138 valence electrons. The predicted molar refractivity (Wildman–Crippen MR) is 95.3 cm³/mol. The molecule has 0 radical (unpaired) electrons. The van der Waals surface area contributed by atoms with Crippen LogP contribution < -0.4 is 5.56 Å². The van der Waals surface area contributed by atoms with Gasteiger partial charge in [-0.3, -0.25) is 4.79 Å². The van der Waals surface area contributed by atoms with Crippen molar-refractivity contribution in [3.8, 4) is 0 Å². The Balaban J connectivity index is 1.75. The maximum atomic E-state index is 12.5. The molecule has 1 spiro atoms. The molecule has 2 fully saturated rings. The zero-order chi connectivity index (χ0) is 18.1.